The minimum Gasteiger partial charge on any atom is -0.463 e. The highest BCUT2D eigenvalue weighted by Gasteiger charge is 2.38. The van der Waals surface area contributed by atoms with Gasteiger partial charge in [-0.2, -0.15) is 13.2 Å². The Morgan fingerprint density at radius 3 is 2.42 bits per heavy atom. The largest absolute Gasteiger partial charge is 0.463 e. The molecule has 1 atom stereocenters. The molecule has 2 heterocycles. The van der Waals surface area contributed by atoms with Crippen LogP contribution in [0.3, 0.4) is 0 Å². The molecule has 0 aromatic heterocycles. The van der Waals surface area contributed by atoms with Crippen LogP contribution in [0.2, 0.25) is 0 Å². The van der Waals surface area contributed by atoms with Crippen molar-refractivity contribution in [1.82, 2.24) is 20.0 Å². The average Bonchev–Trinajstić information content (AvgIpc) is 3.16. The summed E-state index contributed by atoms with van der Waals surface area (Å²) >= 11 is 0. The summed E-state index contributed by atoms with van der Waals surface area (Å²) in [6, 6.07) is 8.24. The Bertz CT molecular complexity index is 1300. The molecule has 40 heavy (non-hydrogen) atoms. The standard InChI is InChI=1S/C28H30F4N4O4/c1-3-40-26(38)23-22(34(2)27(39)33-24(23)18-8-10-20(11-9-18)28(30,31)32)17-35-12-5-13-36(15-14-35)25(37)19-6-4-7-21(29)16-19/h4,6-11,16,24H,3,5,12-15,17H2,1-2H3,(H,33,39)/t24-/m1/s1. The van der Waals surface area contributed by atoms with Gasteiger partial charge < -0.3 is 15.0 Å². The van der Waals surface area contributed by atoms with Crippen LogP contribution < -0.4 is 5.32 Å². The van der Waals surface area contributed by atoms with Crippen molar-refractivity contribution >= 4 is 17.9 Å². The summed E-state index contributed by atoms with van der Waals surface area (Å²) in [5.74, 6) is -1.47. The topological polar surface area (TPSA) is 82.2 Å². The molecule has 1 N–H and O–H groups in total. The molecular formula is C28H30F4N4O4. The van der Waals surface area contributed by atoms with Gasteiger partial charge in [0.05, 0.1) is 23.8 Å². The van der Waals surface area contributed by atoms with Gasteiger partial charge in [-0.25, -0.2) is 14.0 Å². The van der Waals surface area contributed by atoms with Crippen LogP contribution >= 0.6 is 0 Å². The fourth-order valence-corrected chi connectivity index (χ4v) is 4.86. The number of nitrogens with one attached hydrogen (secondary N) is 1. The van der Waals surface area contributed by atoms with Crippen molar-refractivity contribution in [2.45, 2.75) is 25.6 Å². The number of urea groups is 1. The Labute approximate surface area is 229 Å². The molecule has 1 fully saturated rings. The van der Waals surface area contributed by atoms with Gasteiger partial charge in [-0.05, 0) is 49.2 Å². The quantitative estimate of drug-likeness (QED) is 0.422. The number of alkyl halides is 3. The molecule has 0 saturated carbocycles. The molecule has 12 heteroatoms. The maximum absolute atomic E-state index is 13.6. The van der Waals surface area contributed by atoms with E-state index in [0.29, 0.717) is 43.9 Å². The lowest BCUT2D eigenvalue weighted by Crippen LogP contribution is -2.49. The maximum Gasteiger partial charge on any atom is 0.416 e. The number of carbonyl (C=O) groups is 3. The van der Waals surface area contributed by atoms with Crippen molar-refractivity contribution in [2.24, 2.45) is 0 Å². The molecule has 8 nitrogen and oxygen atoms in total. The molecule has 2 aromatic rings. The highest BCUT2D eigenvalue weighted by Crippen LogP contribution is 2.34. The monoisotopic (exact) mass is 562 g/mol. The van der Waals surface area contributed by atoms with Gasteiger partial charge in [0.1, 0.15) is 5.82 Å². The summed E-state index contributed by atoms with van der Waals surface area (Å²) in [5.41, 5.74) is 0.193. The van der Waals surface area contributed by atoms with Gasteiger partial charge in [-0.15, -0.1) is 0 Å². The zero-order chi connectivity index (χ0) is 29.0. The predicted molar refractivity (Wildman–Crippen MR) is 137 cm³/mol. The average molecular weight is 563 g/mol. The minimum atomic E-state index is -4.53. The number of ether oxygens (including phenoxy) is 1. The first-order chi connectivity index (χ1) is 19.0. The van der Waals surface area contributed by atoms with Gasteiger partial charge in [0, 0.05) is 51.0 Å². The van der Waals surface area contributed by atoms with Gasteiger partial charge in [0.2, 0.25) is 0 Å². The molecule has 0 aliphatic carbocycles. The normalized spacial score (nSPS) is 18.9. The van der Waals surface area contributed by atoms with Crippen LogP contribution in [0.1, 0.15) is 40.9 Å². The molecule has 0 bridgehead atoms. The zero-order valence-electron chi connectivity index (χ0n) is 22.1. The second kappa shape index (κ2) is 12.1. The highest BCUT2D eigenvalue weighted by molar-refractivity contribution is 5.95. The van der Waals surface area contributed by atoms with E-state index < -0.39 is 35.6 Å². The smallest absolute Gasteiger partial charge is 0.416 e. The van der Waals surface area contributed by atoms with E-state index in [-0.39, 0.29) is 30.2 Å². The summed E-state index contributed by atoms with van der Waals surface area (Å²) in [4.78, 5) is 44.0. The molecule has 2 aliphatic rings. The van der Waals surface area contributed by atoms with Crippen molar-refractivity contribution in [3.05, 3.63) is 82.3 Å². The second-order valence-corrected chi connectivity index (χ2v) is 9.57. The number of esters is 1. The van der Waals surface area contributed by atoms with Crippen molar-refractivity contribution in [2.75, 3.05) is 46.4 Å². The summed E-state index contributed by atoms with van der Waals surface area (Å²) in [6.07, 6.45) is -3.93. The van der Waals surface area contributed by atoms with E-state index >= 15 is 0 Å². The first-order valence-electron chi connectivity index (χ1n) is 12.9. The Hall–Kier alpha value is -3.93. The Balaban J connectivity index is 1.60. The molecular weight excluding hydrogens is 532 g/mol. The summed E-state index contributed by atoms with van der Waals surface area (Å²) in [5, 5.41) is 2.70. The van der Waals surface area contributed by atoms with Crippen molar-refractivity contribution in [3.8, 4) is 0 Å². The number of hydrogen-bond donors (Lipinski definition) is 1. The fourth-order valence-electron chi connectivity index (χ4n) is 4.86. The molecule has 3 amide bonds. The van der Waals surface area contributed by atoms with Crippen molar-refractivity contribution < 1.29 is 36.7 Å². The lowest BCUT2D eigenvalue weighted by molar-refractivity contribution is -0.139. The number of nitrogens with zero attached hydrogens (tertiary/aromatic N) is 3. The molecule has 2 aliphatic heterocycles. The second-order valence-electron chi connectivity index (χ2n) is 9.57. The number of carbonyl (C=O) groups excluding carboxylic acids is 3. The molecule has 4 rings (SSSR count). The van der Waals surface area contributed by atoms with E-state index in [4.69, 9.17) is 4.74 Å². The third-order valence-corrected chi connectivity index (χ3v) is 6.96. The van der Waals surface area contributed by atoms with Crippen molar-refractivity contribution in [3.63, 3.8) is 0 Å². The zero-order valence-corrected chi connectivity index (χ0v) is 22.1. The minimum absolute atomic E-state index is 0.0634. The number of halogens is 4. The first-order valence-corrected chi connectivity index (χ1v) is 12.9. The van der Waals surface area contributed by atoms with E-state index in [0.717, 1.165) is 12.1 Å². The van der Waals surface area contributed by atoms with Crippen LogP contribution in [0, 0.1) is 5.82 Å². The maximum atomic E-state index is 13.6. The molecule has 0 spiro atoms. The van der Waals surface area contributed by atoms with E-state index in [1.165, 1.54) is 42.3 Å². The fraction of sp³-hybridized carbons (Fsp3) is 0.393. The number of hydrogen-bond acceptors (Lipinski definition) is 5. The van der Waals surface area contributed by atoms with E-state index in [1.54, 1.807) is 17.9 Å². The van der Waals surface area contributed by atoms with E-state index in [9.17, 15) is 31.9 Å². The lowest BCUT2D eigenvalue weighted by atomic mass is 9.93. The van der Waals surface area contributed by atoms with Gasteiger partial charge in [0.25, 0.3) is 5.91 Å². The highest BCUT2D eigenvalue weighted by atomic mass is 19.4. The molecule has 0 unspecified atom stereocenters. The summed E-state index contributed by atoms with van der Waals surface area (Å²) in [6.45, 7) is 3.62. The first kappa shape index (κ1) is 29.1. The summed E-state index contributed by atoms with van der Waals surface area (Å²) < 4.78 is 58.3. The number of likely N-dealkylation sites (N-methyl/N-ethyl adjacent to an activating group) is 1. The SMILES string of the molecule is CCOC(=O)C1=C(CN2CCCN(C(=O)c3cccc(F)c3)CC2)N(C)C(=O)N[C@@H]1c1ccc(C(F)(F)F)cc1. The van der Waals surface area contributed by atoms with Crippen molar-refractivity contribution in [1.29, 1.82) is 0 Å². The molecule has 214 valence electrons. The van der Waals surface area contributed by atoms with Gasteiger partial charge >= 0.3 is 18.2 Å². The molecule has 2 aromatic carbocycles. The number of benzene rings is 2. The summed E-state index contributed by atoms with van der Waals surface area (Å²) in [7, 11) is 1.50. The number of amides is 3. The molecule has 0 radical (unpaired) electrons. The third-order valence-electron chi connectivity index (χ3n) is 6.96. The van der Waals surface area contributed by atoms with Gasteiger partial charge in [0.15, 0.2) is 0 Å². The van der Waals surface area contributed by atoms with E-state index in [2.05, 4.69) is 5.32 Å². The Morgan fingerprint density at radius 2 is 1.77 bits per heavy atom. The van der Waals surface area contributed by atoms with Crippen LogP contribution in [0.25, 0.3) is 0 Å². The van der Waals surface area contributed by atoms with Crippen LogP contribution in [0.5, 0.6) is 0 Å². The van der Waals surface area contributed by atoms with Crippen LogP contribution in [0.15, 0.2) is 59.8 Å². The van der Waals surface area contributed by atoms with Gasteiger partial charge in [-0.3, -0.25) is 14.6 Å². The van der Waals surface area contributed by atoms with Crippen LogP contribution in [0.4, 0.5) is 22.4 Å². The number of rotatable bonds is 6. The lowest BCUT2D eigenvalue weighted by Gasteiger charge is -2.36. The van der Waals surface area contributed by atoms with E-state index in [1.807, 2.05) is 4.90 Å². The van der Waals surface area contributed by atoms with Crippen LogP contribution in [-0.4, -0.2) is 79.0 Å². The van der Waals surface area contributed by atoms with Gasteiger partial charge in [-0.1, -0.05) is 18.2 Å². The Morgan fingerprint density at radius 1 is 1.05 bits per heavy atom. The Kier molecular flexibility index (Phi) is 8.77. The van der Waals surface area contributed by atoms with Crippen LogP contribution in [-0.2, 0) is 15.7 Å². The predicted octanol–water partition coefficient (Wildman–Crippen LogP) is 4.21. The molecule has 1 saturated heterocycles. The third kappa shape index (κ3) is 6.44.